The van der Waals surface area contributed by atoms with Gasteiger partial charge < -0.3 is 14.6 Å². The minimum atomic E-state index is -0.894. The minimum absolute atomic E-state index is 0.0317. The van der Waals surface area contributed by atoms with E-state index in [4.69, 9.17) is 21.1 Å². The van der Waals surface area contributed by atoms with Crippen LogP contribution in [0.2, 0.25) is 5.02 Å². The molecule has 0 bridgehead atoms. The third-order valence-electron chi connectivity index (χ3n) is 5.37. The number of rotatable bonds is 4. The molecule has 34 heavy (non-hydrogen) atoms. The molecule has 0 saturated heterocycles. The summed E-state index contributed by atoms with van der Waals surface area (Å²) >= 11 is 6.29. The molecule has 0 aliphatic carbocycles. The van der Waals surface area contributed by atoms with Gasteiger partial charge in [-0.1, -0.05) is 54.1 Å². The monoisotopic (exact) mass is 475 g/mol. The van der Waals surface area contributed by atoms with Gasteiger partial charge in [-0.05, 0) is 30.3 Å². The number of halogens is 1. The summed E-state index contributed by atoms with van der Waals surface area (Å²) in [5.41, 5.74) is 2.53. The number of fused-ring (bicyclic) bond motifs is 2. The van der Waals surface area contributed by atoms with Crippen LogP contribution in [0.3, 0.4) is 0 Å². The minimum Gasteiger partial charge on any atom is -0.494 e. The largest absolute Gasteiger partial charge is 0.494 e. The number of carbonyl (C=O) groups is 1. The lowest BCUT2D eigenvalue weighted by Crippen LogP contribution is -2.42. The molecule has 3 aromatic carbocycles. The summed E-state index contributed by atoms with van der Waals surface area (Å²) in [6.45, 7) is 0.0317. The number of hydrogen-bond acceptors (Lipinski definition) is 6. The molecule has 0 spiro atoms. The summed E-state index contributed by atoms with van der Waals surface area (Å²) in [5, 5.41) is 16.1. The third-order valence-corrected chi connectivity index (χ3v) is 5.69. The second-order valence-electron chi connectivity index (χ2n) is 7.47. The zero-order valence-corrected chi connectivity index (χ0v) is 18.4. The average molecular weight is 476 g/mol. The predicted octanol–water partition coefficient (Wildman–Crippen LogP) is 3.64. The Bertz CT molecular complexity index is 1500. The molecule has 1 amide bonds. The van der Waals surface area contributed by atoms with Crippen molar-refractivity contribution in [2.45, 2.75) is 6.10 Å². The standard InChI is InChI=1S/C25H18ClN3O5/c26-18-9-3-4-10-19(18)29-24(31)16-8-2-1-7-15(16)17(25(29)32)13-27-28-23(30)22-14-33-20-11-5-6-12-21(20)34-22/h1-13,22,32H,14H2,(H,28,30)/b27-13-. The van der Waals surface area contributed by atoms with Crippen molar-refractivity contribution in [3.63, 3.8) is 0 Å². The van der Waals surface area contributed by atoms with Gasteiger partial charge in [0.05, 0.1) is 22.5 Å². The van der Waals surface area contributed by atoms with Gasteiger partial charge in [-0.15, -0.1) is 0 Å². The molecule has 0 fully saturated rings. The number of ether oxygens (including phenoxy) is 2. The number of hydrazone groups is 1. The first kappa shape index (κ1) is 21.5. The summed E-state index contributed by atoms with van der Waals surface area (Å²) in [6.07, 6.45) is 0.384. The van der Waals surface area contributed by atoms with Crippen molar-refractivity contribution in [3.8, 4) is 23.1 Å². The SMILES string of the molecule is O=C(N/N=C\c1c(O)n(-c2ccccc2Cl)c(=O)c2ccccc12)C1COc2ccccc2O1. The van der Waals surface area contributed by atoms with Crippen LogP contribution in [0, 0.1) is 0 Å². The molecular weight excluding hydrogens is 458 g/mol. The molecule has 1 unspecified atom stereocenters. The number of nitrogens with zero attached hydrogens (tertiary/aromatic N) is 2. The average Bonchev–Trinajstić information content (AvgIpc) is 2.87. The molecule has 2 N–H and O–H groups in total. The molecule has 170 valence electrons. The number of amides is 1. The quantitative estimate of drug-likeness (QED) is 0.346. The van der Waals surface area contributed by atoms with E-state index in [1.807, 2.05) is 6.07 Å². The maximum absolute atomic E-state index is 13.1. The van der Waals surface area contributed by atoms with Crippen molar-refractivity contribution in [3.05, 3.63) is 93.7 Å². The fourth-order valence-corrected chi connectivity index (χ4v) is 3.95. The van der Waals surface area contributed by atoms with Crippen LogP contribution in [0.4, 0.5) is 0 Å². The molecule has 8 nitrogen and oxygen atoms in total. The predicted molar refractivity (Wildman–Crippen MR) is 128 cm³/mol. The van der Waals surface area contributed by atoms with Gasteiger partial charge in [0.2, 0.25) is 12.0 Å². The summed E-state index contributed by atoms with van der Waals surface area (Å²) in [6, 6.07) is 20.5. The summed E-state index contributed by atoms with van der Waals surface area (Å²) in [5.74, 6) is 0.150. The summed E-state index contributed by atoms with van der Waals surface area (Å²) < 4.78 is 12.3. The van der Waals surface area contributed by atoms with Gasteiger partial charge in [0.15, 0.2) is 11.5 Å². The van der Waals surface area contributed by atoms with Crippen LogP contribution in [-0.4, -0.2) is 34.5 Å². The third kappa shape index (κ3) is 3.84. The number of carbonyl (C=O) groups excluding carboxylic acids is 1. The van der Waals surface area contributed by atoms with Crippen LogP contribution < -0.4 is 20.5 Å². The van der Waals surface area contributed by atoms with Gasteiger partial charge in [-0.25, -0.2) is 9.99 Å². The first-order valence-corrected chi connectivity index (χ1v) is 10.8. The van der Waals surface area contributed by atoms with Crippen LogP contribution in [0.5, 0.6) is 17.4 Å². The van der Waals surface area contributed by atoms with Crippen LogP contribution in [0.25, 0.3) is 16.5 Å². The molecule has 4 aromatic rings. The van der Waals surface area contributed by atoms with E-state index in [-0.39, 0.29) is 18.1 Å². The van der Waals surface area contributed by atoms with Crippen molar-refractivity contribution in [1.82, 2.24) is 9.99 Å². The van der Waals surface area contributed by atoms with E-state index in [1.165, 1.54) is 6.21 Å². The first-order valence-electron chi connectivity index (χ1n) is 10.4. The number of pyridine rings is 1. The second kappa shape index (κ2) is 8.92. The Morgan fingerprint density at radius 3 is 2.50 bits per heavy atom. The lowest BCUT2D eigenvalue weighted by atomic mass is 10.1. The molecule has 9 heteroatoms. The highest BCUT2D eigenvalue weighted by atomic mass is 35.5. The molecule has 0 radical (unpaired) electrons. The van der Waals surface area contributed by atoms with Crippen molar-refractivity contribution < 1.29 is 19.4 Å². The maximum atomic E-state index is 13.1. The van der Waals surface area contributed by atoms with Crippen LogP contribution in [0.1, 0.15) is 5.56 Å². The fourth-order valence-electron chi connectivity index (χ4n) is 3.73. The number of benzene rings is 3. The van der Waals surface area contributed by atoms with Crippen molar-refractivity contribution in [2.24, 2.45) is 5.10 Å². The number of aromatic hydroxyl groups is 1. The number of hydrogen-bond donors (Lipinski definition) is 2. The van der Waals surface area contributed by atoms with E-state index in [0.717, 1.165) is 4.57 Å². The topological polar surface area (TPSA) is 102 Å². The molecule has 5 rings (SSSR count). The van der Waals surface area contributed by atoms with Gasteiger partial charge in [0.1, 0.15) is 6.61 Å². The number of para-hydroxylation sites is 3. The molecule has 1 atom stereocenters. The van der Waals surface area contributed by atoms with E-state index in [9.17, 15) is 14.7 Å². The Balaban J connectivity index is 1.48. The normalized spacial score (nSPS) is 14.9. The first-order chi connectivity index (χ1) is 16.5. The van der Waals surface area contributed by atoms with Gasteiger partial charge in [-0.3, -0.25) is 9.59 Å². The van der Waals surface area contributed by atoms with Crippen LogP contribution in [0.15, 0.2) is 82.7 Å². The lowest BCUT2D eigenvalue weighted by Gasteiger charge is -2.24. The van der Waals surface area contributed by atoms with E-state index < -0.39 is 17.6 Å². The zero-order valence-electron chi connectivity index (χ0n) is 17.6. The lowest BCUT2D eigenvalue weighted by molar-refractivity contribution is -0.130. The molecule has 0 saturated carbocycles. The Morgan fingerprint density at radius 1 is 1.03 bits per heavy atom. The molecule has 2 heterocycles. The van der Waals surface area contributed by atoms with Crippen molar-refractivity contribution in [2.75, 3.05) is 6.61 Å². The summed E-state index contributed by atoms with van der Waals surface area (Å²) in [7, 11) is 0. The van der Waals surface area contributed by atoms with Gasteiger partial charge in [0.25, 0.3) is 11.5 Å². The fraction of sp³-hybridized carbons (Fsp3) is 0.0800. The zero-order chi connectivity index (χ0) is 23.7. The smallest absolute Gasteiger partial charge is 0.284 e. The Hall–Kier alpha value is -4.30. The van der Waals surface area contributed by atoms with Gasteiger partial charge in [0, 0.05) is 10.8 Å². The van der Waals surface area contributed by atoms with Gasteiger partial charge in [-0.2, -0.15) is 5.10 Å². The van der Waals surface area contributed by atoms with E-state index in [1.54, 1.807) is 66.7 Å². The Labute approximate surface area is 198 Å². The molecule has 1 aliphatic heterocycles. The molecular formula is C25H18ClN3O5. The van der Waals surface area contributed by atoms with E-state index >= 15 is 0 Å². The second-order valence-corrected chi connectivity index (χ2v) is 7.88. The molecule has 1 aliphatic rings. The van der Waals surface area contributed by atoms with E-state index in [0.29, 0.717) is 33.0 Å². The maximum Gasteiger partial charge on any atom is 0.284 e. The Kier molecular flexibility index (Phi) is 5.65. The Morgan fingerprint density at radius 2 is 1.71 bits per heavy atom. The number of nitrogens with one attached hydrogen (secondary N) is 1. The molecule has 1 aromatic heterocycles. The highest BCUT2D eigenvalue weighted by Crippen LogP contribution is 2.31. The summed E-state index contributed by atoms with van der Waals surface area (Å²) in [4.78, 5) is 25.7. The van der Waals surface area contributed by atoms with Crippen LogP contribution >= 0.6 is 11.6 Å². The van der Waals surface area contributed by atoms with E-state index in [2.05, 4.69) is 10.5 Å². The highest BCUT2D eigenvalue weighted by Gasteiger charge is 2.27. The van der Waals surface area contributed by atoms with Crippen molar-refractivity contribution in [1.29, 1.82) is 0 Å². The van der Waals surface area contributed by atoms with Crippen molar-refractivity contribution >= 4 is 34.5 Å². The number of aromatic nitrogens is 1. The highest BCUT2D eigenvalue weighted by molar-refractivity contribution is 6.32. The van der Waals surface area contributed by atoms with Gasteiger partial charge >= 0.3 is 0 Å². The van der Waals surface area contributed by atoms with Crippen LogP contribution in [-0.2, 0) is 4.79 Å².